The number of oxime groups is 1. The summed E-state index contributed by atoms with van der Waals surface area (Å²) in [5.74, 6) is 0.0172. The van der Waals surface area contributed by atoms with Crippen molar-refractivity contribution < 1.29 is 10.0 Å². The van der Waals surface area contributed by atoms with Crippen LogP contribution in [0.2, 0.25) is 0 Å². The molecule has 1 amide bonds. The summed E-state index contributed by atoms with van der Waals surface area (Å²) in [6, 6.07) is 7.55. The van der Waals surface area contributed by atoms with Crippen LogP contribution in [0.4, 0.5) is 5.69 Å². The molecule has 0 fully saturated rings. The Labute approximate surface area is 88.6 Å². The number of benzene rings is 1. The first-order chi connectivity index (χ1) is 7.13. The molecule has 4 nitrogen and oxygen atoms in total. The van der Waals surface area contributed by atoms with Crippen molar-refractivity contribution in [2.75, 3.05) is 5.32 Å². The number of hydrogen-bond acceptors (Lipinski definition) is 3. The van der Waals surface area contributed by atoms with Crippen molar-refractivity contribution >= 4 is 17.8 Å². The van der Waals surface area contributed by atoms with Gasteiger partial charge in [0.05, 0.1) is 0 Å². The third-order valence-electron chi connectivity index (χ3n) is 2.02. The molecule has 0 spiro atoms. The van der Waals surface area contributed by atoms with Gasteiger partial charge in [0, 0.05) is 5.69 Å². The van der Waals surface area contributed by atoms with Crippen LogP contribution in [-0.2, 0) is 4.79 Å². The Hall–Kier alpha value is -1.84. The summed E-state index contributed by atoms with van der Waals surface area (Å²) in [6.45, 7) is 4.21. The van der Waals surface area contributed by atoms with E-state index in [0.29, 0.717) is 11.6 Å². The molecule has 80 valence electrons. The number of carbonyl (C=O) groups is 1. The number of rotatable bonds is 3. The van der Waals surface area contributed by atoms with E-state index in [1.807, 2.05) is 24.3 Å². The van der Waals surface area contributed by atoms with Crippen molar-refractivity contribution in [3.05, 3.63) is 29.8 Å². The molecule has 0 atom stereocenters. The number of hydrogen-bond donors (Lipinski definition) is 2. The van der Waals surface area contributed by atoms with Gasteiger partial charge in [0.25, 0.3) is 5.91 Å². The monoisotopic (exact) mass is 206 g/mol. The van der Waals surface area contributed by atoms with Gasteiger partial charge in [0.2, 0.25) is 0 Å². The molecule has 0 aliphatic heterocycles. The molecule has 0 aliphatic rings. The van der Waals surface area contributed by atoms with E-state index in [2.05, 4.69) is 24.3 Å². The molecule has 0 unspecified atom stereocenters. The highest BCUT2D eigenvalue weighted by Crippen LogP contribution is 2.16. The summed E-state index contributed by atoms with van der Waals surface area (Å²) >= 11 is 0. The van der Waals surface area contributed by atoms with Crippen LogP contribution in [-0.4, -0.2) is 17.3 Å². The molecule has 2 N–H and O–H groups in total. The third kappa shape index (κ3) is 3.42. The van der Waals surface area contributed by atoms with Crippen LogP contribution in [0.1, 0.15) is 25.3 Å². The number of nitrogens with zero attached hydrogens (tertiary/aromatic N) is 1. The SMILES string of the molecule is CC(C)c1ccc(NC(=O)C=NO)cc1. The summed E-state index contributed by atoms with van der Waals surface area (Å²) < 4.78 is 0. The molecule has 0 aliphatic carbocycles. The summed E-state index contributed by atoms with van der Waals surface area (Å²) in [7, 11) is 0. The van der Waals surface area contributed by atoms with E-state index >= 15 is 0 Å². The first kappa shape index (κ1) is 11.2. The minimum Gasteiger partial charge on any atom is -0.411 e. The van der Waals surface area contributed by atoms with Crippen LogP contribution in [0, 0.1) is 0 Å². The Morgan fingerprint density at radius 1 is 1.40 bits per heavy atom. The fourth-order valence-corrected chi connectivity index (χ4v) is 1.18. The lowest BCUT2D eigenvalue weighted by Crippen LogP contribution is -2.12. The van der Waals surface area contributed by atoms with Gasteiger partial charge in [0.15, 0.2) is 0 Å². The Morgan fingerprint density at radius 3 is 2.47 bits per heavy atom. The first-order valence-corrected chi connectivity index (χ1v) is 4.72. The van der Waals surface area contributed by atoms with Gasteiger partial charge >= 0.3 is 0 Å². The van der Waals surface area contributed by atoms with E-state index in [-0.39, 0.29) is 0 Å². The molecule has 1 rings (SSSR count). The van der Waals surface area contributed by atoms with E-state index in [0.717, 1.165) is 6.21 Å². The quantitative estimate of drug-likeness (QED) is 0.452. The molecule has 0 aromatic heterocycles. The zero-order valence-corrected chi connectivity index (χ0v) is 8.77. The van der Waals surface area contributed by atoms with E-state index in [9.17, 15) is 4.79 Å². The van der Waals surface area contributed by atoms with Crippen LogP contribution in [0.25, 0.3) is 0 Å². The molecule has 4 heteroatoms. The zero-order chi connectivity index (χ0) is 11.3. The van der Waals surface area contributed by atoms with Gasteiger partial charge < -0.3 is 10.5 Å². The standard InChI is InChI=1S/C11H14N2O2/c1-8(2)9-3-5-10(6-4-9)13-11(14)7-12-15/h3-8,15H,1-2H3,(H,13,14). The molecule has 0 radical (unpaired) electrons. The number of amides is 1. The fraction of sp³-hybridized carbons (Fsp3) is 0.273. The lowest BCUT2D eigenvalue weighted by Gasteiger charge is -2.06. The highest BCUT2D eigenvalue weighted by molar-refractivity contribution is 6.31. The van der Waals surface area contributed by atoms with E-state index in [1.54, 1.807) is 0 Å². The topological polar surface area (TPSA) is 61.7 Å². The van der Waals surface area contributed by atoms with Crippen LogP contribution in [0.15, 0.2) is 29.4 Å². The van der Waals surface area contributed by atoms with E-state index in [1.165, 1.54) is 5.56 Å². The lowest BCUT2D eigenvalue weighted by atomic mass is 10.0. The van der Waals surface area contributed by atoms with Crippen LogP contribution >= 0.6 is 0 Å². The number of anilines is 1. The van der Waals surface area contributed by atoms with Crippen molar-refractivity contribution in [2.45, 2.75) is 19.8 Å². The lowest BCUT2D eigenvalue weighted by molar-refractivity contribution is -0.110. The first-order valence-electron chi connectivity index (χ1n) is 4.72. The second-order valence-corrected chi connectivity index (χ2v) is 3.51. The van der Waals surface area contributed by atoms with Crippen LogP contribution in [0.5, 0.6) is 0 Å². The molecular weight excluding hydrogens is 192 g/mol. The van der Waals surface area contributed by atoms with Gasteiger partial charge in [0.1, 0.15) is 6.21 Å². The second kappa shape index (κ2) is 5.14. The Bertz CT molecular complexity index is 355. The van der Waals surface area contributed by atoms with Crippen LogP contribution in [0.3, 0.4) is 0 Å². The maximum Gasteiger partial charge on any atom is 0.270 e. The summed E-state index contributed by atoms with van der Waals surface area (Å²) in [6.07, 6.45) is 0.816. The fourth-order valence-electron chi connectivity index (χ4n) is 1.18. The largest absolute Gasteiger partial charge is 0.411 e. The zero-order valence-electron chi connectivity index (χ0n) is 8.77. The highest BCUT2D eigenvalue weighted by atomic mass is 16.4. The number of carbonyl (C=O) groups excluding carboxylic acids is 1. The van der Waals surface area contributed by atoms with E-state index in [4.69, 9.17) is 5.21 Å². The van der Waals surface area contributed by atoms with E-state index < -0.39 is 5.91 Å². The van der Waals surface area contributed by atoms with Crippen LogP contribution < -0.4 is 5.32 Å². The number of nitrogens with one attached hydrogen (secondary N) is 1. The molecular formula is C11H14N2O2. The average Bonchev–Trinajstić information content (AvgIpc) is 2.18. The Morgan fingerprint density at radius 2 is 2.00 bits per heavy atom. The third-order valence-corrected chi connectivity index (χ3v) is 2.02. The second-order valence-electron chi connectivity index (χ2n) is 3.51. The van der Waals surface area contributed by atoms with Crippen molar-refractivity contribution in [2.24, 2.45) is 5.16 Å². The molecule has 0 heterocycles. The minimum absolute atomic E-state index is 0.449. The van der Waals surface area contributed by atoms with Crippen molar-refractivity contribution in [1.82, 2.24) is 0 Å². The van der Waals surface area contributed by atoms with Gasteiger partial charge in [-0.05, 0) is 23.6 Å². The van der Waals surface area contributed by atoms with Crippen molar-refractivity contribution in [3.63, 3.8) is 0 Å². The maximum atomic E-state index is 11.0. The molecule has 15 heavy (non-hydrogen) atoms. The van der Waals surface area contributed by atoms with Gasteiger partial charge in [-0.2, -0.15) is 0 Å². The predicted octanol–water partition coefficient (Wildman–Crippen LogP) is 2.21. The molecule has 0 saturated carbocycles. The predicted molar refractivity (Wildman–Crippen MR) is 59.4 cm³/mol. The normalized spacial score (nSPS) is 10.9. The Kier molecular flexibility index (Phi) is 3.85. The van der Waals surface area contributed by atoms with Crippen molar-refractivity contribution in [3.8, 4) is 0 Å². The van der Waals surface area contributed by atoms with Gasteiger partial charge in [-0.25, -0.2) is 0 Å². The van der Waals surface area contributed by atoms with Gasteiger partial charge in [-0.1, -0.05) is 31.1 Å². The minimum atomic E-state index is -0.449. The maximum absolute atomic E-state index is 11.0. The van der Waals surface area contributed by atoms with Gasteiger partial charge in [-0.3, -0.25) is 4.79 Å². The van der Waals surface area contributed by atoms with Gasteiger partial charge in [-0.15, -0.1) is 0 Å². The summed E-state index contributed by atoms with van der Waals surface area (Å²) in [4.78, 5) is 11.0. The highest BCUT2D eigenvalue weighted by Gasteiger charge is 2.00. The van der Waals surface area contributed by atoms with Crippen molar-refractivity contribution in [1.29, 1.82) is 0 Å². The molecule has 0 bridgehead atoms. The summed E-state index contributed by atoms with van der Waals surface area (Å²) in [5.41, 5.74) is 1.90. The molecule has 0 saturated heterocycles. The molecule has 1 aromatic carbocycles. The average molecular weight is 206 g/mol. The molecule has 1 aromatic rings. The Balaban J connectivity index is 2.68. The smallest absolute Gasteiger partial charge is 0.270 e. The summed E-state index contributed by atoms with van der Waals surface area (Å²) in [5, 5.41) is 13.3.